The van der Waals surface area contributed by atoms with E-state index in [1.54, 1.807) is 10.9 Å². The van der Waals surface area contributed by atoms with Crippen molar-refractivity contribution >= 4 is 17.2 Å². The molecule has 5 nitrogen and oxygen atoms in total. The second-order valence-electron chi connectivity index (χ2n) is 6.42. The molecule has 0 spiro atoms. The molecule has 1 aromatic carbocycles. The van der Waals surface area contributed by atoms with E-state index in [1.165, 1.54) is 35.3 Å². The van der Waals surface area contributed by atoms with Crippen LogP contribution in [0.3, 0.4) is 0 Å². The minimum Gasteiger partial charge on any atom is -0.489 e. The normalized spacial score (nSPS) is 12.8. The topological polar surface area (TPSA) is 56.2 Å². The molecule has 0 aliphatic heterocycles. The highest BCUT2D eigenvalue weighted by molar-refractivity contribution is 7.12. The second kappa shape index (κ2) is 7.74. The van der Waals surface area contributed by atoms with Crippen LogP contribution in [0.1, 0.15) is 32.8 Å². The molecule has 1 aliphatic carbocycles. The smallest absolute Gasteiger partial charge is 0.261 e. The molecule has 0 unspecified atom stereocenters. The SMILES string of the molecule is O=C(NCCn1cccn1)c1cc(COc2ccc3c(c2)CCC3)cs1. The molecule has 0 saturated heterocycles. The van der Waals surface area contributed by atoms with E-state index in [0.29, 0.717) is 24.6 Å². The van der Waals surface area contributed by atoms with Gasteiger partial charge in [0, 0.05) is 24.5 Å². The zero-order chi connectivity index (χ0) is 17.8. The van der Waals surface area contributed by atoms with Crippen molar-refractivity contribution in [2.24, 2.45) is 0 Å². The first-order chi connectivity index (χ1) is 12.8. The number of hydrogen-bond acceptors (Lipinski definition) is 4. The zero-order valence-electron chi connectivity index (χ0n) is 14.5. The summed E-state index contributed by atoms with van der Waals surface area (Å²) in [6, 6.07) is 10.1. The Balaban J connectivity index is 1.28. The lowest BCUT2D eigenvalue weighted by molar-refractivity contribution is 0.0956. The molecule has 0 fully saturated rings. The molecule has 6 heteroatoms. The van der Waals surface area contributed by atoms with Gasteiger partial charge in [-0.05, 0) is 60.0 Å². The Hall–Kier alpha value is -2.60. The number of benzene rings is 1. The number of aryl methyl sites for hydroxylation is 2. The maximum atomic E-state index is 12.2. The number of carbonyl (C=O) groups excluding carboxylic acids is 1. The number of ether oxygens (including phenoxy) is 1. The Morgan fingerprint density at radius 1 is 1.27 bits per heavy atom. The fourth-order valence-corrected chi connectivity index (χ4v) is 3.99. The predicted molar refractivity (Wildman–Crippen MR) is 102 cm³/mol. The molecular weight excluding hydrogens is 346 g/mol. The molecule has 26 heavy (non-hydrogen) atoms. The second-order valence-corrected chi connectivity index (χ2v) is 7.33. The third-order valence-corrected chi connectivity index (χ3v) is 5.52. The number of rotatable bonds is 7. The van der Waals surface area contributed by atoms with E-state index >= 15 is 0 Å². The highest BCUT2D eigenvalue weighted by atomic mass is 32.1. The van der Waals surface area contributed by atoms with Crippen LogP contribution in [0.5, 0.6) is 5.75 Å². The fraction of sp³-hybridized carbons (Fsp3) is 0.300. The highest BCUT2D eigenvalue weighted by Crippen LogP contribution is 2.26. The summed E-state index contributed by atoms with van der Waals surface area (Å²) >= 11 is 1.45. The van der Waals surface area contributed by atoms with Gasteiger partial charge >= 0.3 is 0 Å². The monoisotopic (exact) mass is 367 g/mol. The standard InChI is InChI=1S/C20H21N3O2S/c24-20(21-8-10-23-9-2-7-22-23)19-11-15(14-26-19)13-25-18-6-5-16-3-1-4-17(16)12-18/h2,5-7,9,11-12,14H,1,3-4,8,10,13H2,(H,21,24). The van der Waals surface area contributed by atoms with Crippen molar-refractivity contribution < 1.29 is 9.53 Å². The van der Waals surface area contributed by atoms with Crippen molar-refractivity contribution in [3.8, 4) is 5.75 Å². The van der Waals surface area contributed by atoms with Gasteiger partial charge in [-0.3, -0.25) is 9.48 Å². The van der Waals surface area contributed by atoms with Gasteiger partial charge in [0.2, 0.25) is 0 Å². The van der Waals surface area contributed by atoms with Crippen LogP contribution in [0.15, 0.2) is 48.1 Å². The minimum absolute atomic E-state index is 0.0501. The molecule has 4 rings (SSSR count). The molecule has 0 radical (unpaired) electrons. The molecule has 1 amide bonds. The van der Waals surface area contributed by atoms with Crippen LogP contribution in [0.25, 0.3) is 0 Å². The number of nitrogens with zero attached hydrogens (tertiary/aromatic N) is 2. The van der Waals surface area contributed by atoms with E-state index in [1.807, 2.05) is 29.8 Å². The Morgan fingerprint density at radius 2 is 2.19 bits per heavy atom. The predicted octanol–water partition coefficient (Wildman–Crippen LogP) is 3.44. The van der Waals surface area contributed by atoms with Gasteiger partial charge in [0.15, 0.2) is 0 Å². The van der Waals surface area contributed by atoms with Crippen LogP contribution < -0.4 is 10.1 Å². The average molecular weight is 367 g/mol. The quantitative estimate of drug-likeness (QED) is 0.696. The van der Waals surface area contributed by atoms with E-state index in [-0.39, 0.29) is 5.91 Å². The Labute approximate surface area is 156 Å². The Morgan fingerprint density at radius 3 is 3.08 bits per heavy atom. The summed E-state index contributed by atoms with van der Waals surface area (Å²) in [5.74, 6) is 0.855. The Kier molecular flexibility index (Phi) is 5.02. The molecule has 3 aromatic rings. The molecular formula is C20H21N3O2S. The number of thiophene rings is 1. The van der Waals surface area contributed by atoms with Crippen molar-refractivity contribution in [2.45, 2.75) is 32.4 Å². The van der Waals surface area contributed by atoms with Crippen LogP contribution in [0.2, 0.25) is 0 Å². The lowest BCUT2D eigenvalue weighted by Gasteiger charge is -2.07. The lowest BCUT2D eigenvalue weighted by atomic mass is 10.1. The average Bonchev–Trinajstić information content (AvgIpc) is 3.40. The van der Waals surface area contributed by atoms with E-state index in [4.69, 9.17) is 4.74 Å². The molecule has 134 valence electrons. The van der Waals surface area contributed by atoms with Gasteiger partial charge < -0.3 is 10.1 Å². The van der Waals surface area contributed by atoms with Gasteiger partial charge in [-0.1, -0.05) is 6.07 Å². The van der Waals surface area contributed by atoms with Crippen LogP contribution in [0, 0.1) is 0 Å². The number of nitrogens with one attached hydrogen (secondary N) is 1. The summed E-state index contributed by atoms with van der Waals surface area (Å²) < 4.78 is 7.70. The number of amides is 1. The van der Waals surface area contributed by atoms with Gasteiger partial charge in [-0.2, -0.15) is 5.10 Å². The summed E-state index contributed by atoms with van der Waals surface area (Å²) in [4.78, 5) is 12.9. The van der Waals surface area contributed by atoms with Crippen molar-refractivity contribution in [1.82, 2.24) is 15.1 Å². The van der Waals surface area contributed by atoms with E-state index in [2.05, 4.69) is 22.5 Å². The molecule has 1 N–H and O–H groups in total. The summed E-state index contributed by atoms with van der Waals surface area (Å²) in [7, 11) is 0. The van der Waals surface area contributed by atoms with Crippen LogP contribution in [-0.4, -0.2) is 22.2 Å². The molecule has 0 bridgehead atoms. The highest BCUT2D eigenvalue weighted by Gasteiger charge is 2.12. The first kappa shape index (κ1) is 16.8. The molecule has 2 aromatic heterocycles. The van der Waals surface area contributed by atoms with Gasteiger partial charge in [-0.25, -0.2) is 0 Å². The lowest BCUT2D eigenvalue weighted by Crippen LogP contribution is -2.26. The van der Waals surface area contributed by atoms with Crippen molar-refractivity contribution in [2.75, 3.05) is 6.54 Å². The van der Waals surface area contributed by atoms with Gasteiger partial charge in [0.05, 0.1) is 11.4 Å². The van der Waals surface area contributed by atoms with Gasteiger partial charge in [-0.15, -0.1) is 11.3 Å². The largest absolute Gasteiger partial charge is 0.489 e. The molecule has 2 heterocycles. The maximum Gasteiger partial charge on any atom is 0.261 e. The van der Waals surface area contributed by atoms with Crippen LogP contribution in [-0.2, 0) is 26.0 Å². The number of aromatic nitrogens is 2. The maximum absolute atomic E-state index is 12.2. The Bertz CT molecular complexity index is 886. The number of carbonyl (C=O) groups is 1. The van der Waals surface area contributed by atoms with E-state index in [9.17, 15) is 4.79 Å². The van der Waals surface area contributed by atoms with Crippen molar-refractivity contribution in [3.63, 3.8) is 0 Å². The third-order valence-electron chi connectivity index (χ3n) is 4.54. The van der Waals surface area contributed by atoms with Crippen molar-refractivity contribution in [1.29, 1.82) is 0 Å². The molecule has 0 atom stereocenters. The summed E-state index contributed by atoms with van der Waals surface area (Å²) in [6.07, 6.45) is 7.18. The first-order valence-electron chi connectivity index (χ1n) is 8.85. The fourth-order valence-electron chi connectivity index (χ4n) is 3.18. The zero-order valence-corrected chi connectivity index (χ0v) is 15.3. The summed E-state index contributed by atoms with van der Waals surface area (Å²) in [6.45, 7) is 1.70. The third kappa shape index (κ3) is 3.96. The van der Waals surface area contributed by atoms with Crippen LogP contribution in [0.4, 0.5) is 0 Å². The van der Waals surface area contributed by atoms with E-state index < -0.39 is 0 Å². The number of fused-ring (bicyclic) bond motifs is 1. The van der Waals surface area contributed by atoms with Crippen molar-refractivity contribution in [3.05, 3.63) is 69.7 Å². The minimum atomic E-state index is -0.0501. The van der Waals surface area contributed by atoms with Gasteiger partial charge in [0.1, 0.15) is 12.4 Å². The molecule has 0 saturated carbocycles. The van der Waals surface area contributed by atoms with Gasteiger partial charge in [0.25, 0.3) is 5.91 Å². The summed E-state index contributed by atoms with van der Waals surface area (Å²) in [5.41, 5.74) is 3.87. The molecule has 1 aliphatic rings. The number of hydrogen-bond donors (Lipinski definition) is 1. The first-order valence-corrected chi connectivity index (χ1v) is 9.73. The summed E-state index contributed by atoms with van der Waals surface area (Å²) in [5, 5.41) is 9.02. The van der Waals surface area contributed by atoms with E-state index in [0.717, 1.165) is 17.7 Å². The van der Waals surface area contributed by atoms with Crippen LogP contribution >= 0.6 is 11.3 Å².